The van der Waals surface area contributed by atoms with E-state index in [1.807, 2.05) is 10.8 Å². The molecule has 98 valence electrons. The first kappa shape index (κ1) is 12.8. The lowest BCUT2D eigenvalue weighted by atomic mass is 10.2. The van der Waals surface area contributed by atoms with Crippen LogP contribution in [0.15, 0.2) is 29.0 Å². The lowest BCUT2D eigenvalue weighted by Crippen LogP contribution is -2.10. The molecule has 2 heterocycles. The van der Waals surface area contributed by atoms with E-state index in [2.05, 4.69) is 14.5 Å². The number of hydrogen-bond acceptors (Lipinski definition) is 6. The third kappa shape index (κ3) is 3.19. The van der Waals surface area contributed by atoms with Gasteiger partial charge in [-0.1, -0.05) is 0 Å². The Kier molecular flexibility index (Phi) is 3.62. The quantitative estimate of drug-likeness (QED) is 0.833. The van der Waals surface area contributed by atoms with Crippen LogP contribution in [0.25, 0.3) is 11.3 Å². The summed E-state index contributed by atoms with van der Waals surface area (Å²) in [5, 5.41) is 20.8. The standard InChI is InChI=1S/C11H7NO6S/c13-10(14)17-8-2-1-7(6-3-4-19-5-6)12-9(8)18-11(15)16/h1-5H,(H,13,14)(H,15,16). The summed E-state index contributed by atoms with van der Waals surface area (Å²) in [6.07, 6.45) is -3.19. The van der Waals surface area contributed by atoms with Crippen molar-refractivity contribution in [3.05, 3.63) is 29.0 Å². The van der Waals surface area contributed by atoms with E-state index >= 15 is 0 Å². The molecule has 0 aliphatic carbocycles. The number of carboxylic acid groups (broad SMARTS) is 2. The van der Waals surface area contributed by atoms with Crippen LogP contribution in [0.2, 0.25) is 0 Å². The molecule has 0 radical (unpaired) electrons. The zero-order valence-electron chi connectivity index (χ0n) is 9.27. The van der Waals surface area contributed by atoms with Gasteiger partial charge in [-0.05, 0) is 23.6 Å². The molecule has 0 aromatic carbocycles. The van der Waals surface area contributed by atoms with Crippen LogP contribution >= 0.6 is 11.3 Å². The maximum absolute atomic E-state index is 10.5. The number of ether oxygens (including phenoxy) is 2. The fourth-order valence-corrected chi connectivity index (χ4v) is 1.98. The van der Waals surface area contributed by atoms with Gasteiger partial charge in [0.25, 0.3) is 5.88 Å². The van der Waals surface area contributed by atoms with Gasteiger partial charge in [0, 0.05) is 10.9 Å². The number of thiophene rings is 1. The maximum Gasteiger partial charge on any atom is 0.512 e. The summed E-state index contributed by atoms with van der Waals surface area (Å²) in [5.74, 6) is -0.701. The van der Waals surface area contributed by atoms with Crippen molar-refractivity contribution in [3.8, 4) is 22.9 Å². The Labute approximate surface area is 110 Å². The van der Waals surface area contributed by atoms with E-state index in [0.717, 1.165) is 5.56 Å². The van der Waals surface area contributed by atoms with Crippen molar-refractivity contribution in [1.29, 1.82) is 0 Å². The van der Waals surface area contributed by atoms with Crippen molar-refractivity contribution in [2.24, 2.45) is 0 Å². The predicted octanol–water partition coefficient (Wildman–Crippen LogP) is 2.92. The van der Waals surface area contributed by atoms with Gasteiger partial charge in [-0.25, -0.2) is 14.6 Å². The monoisotopic (exact) mass is 281 g/mol. The molecule has 0 spiro atoms. The summed E-state index contributed by atoms with van der Waals surface area (Å²) in [6, 6.07) is 4.58. The molecule has 0 saturated carbocycles. The molecule has 2 rings (SSSR count). The minimum atomic E-state index is -1.61. The Morgan fingerprint density at radius 2 is 1.84 bits per heavy atom. The molecule has 0 atom stereocenters. The third-order valence-corrected chi connectivity index (χ3v) is 2.71. The molecule has 0 aliphatic rings. The number of rotatable bonds is 3. The fraction of sp³-hybridized carbons (Fsp3) is 0. The molecule has 8 heteroatoms. The van der Waals surface area contributed by atoms with Gasteiger partial charge >= 0.3 is 12.3 Å². The number of hydrogen-bond donors (Lipinski definition) is 2. The fourth-order valence-electron chi connectivity index (χ4n) is 1.33. The van der Waals surface area contributed by atoms with Gasteiger partial charge in [0.2, 0.25) is 0 Å². The van der Waals surface area contributed by atoms with E-state index in [0.29, 0.717) is 5.69 Å². The zero-order valence-corrected chi connectivity index (χ0v) is 10.1. The van der Waals surface area contributed by atoms with Gasteiger partial charge < -0.3 is 19.7 Å². The first-order chi connectivity index (χ1) is 9.06. The molecule has 2 N–H and O–H groups in total. The normalized spacial score (nSPS) is 9.89. The molecule has 0 saturated heterocycles. The van der Waals surface area contributed by atoms with E-state index in [-0.39, 0.29) is 5.75 Å². The van der Waals surface area contributed by atoms with Crippen LogP contribution in [0.5, 0.6) is 11.6 Å². The first-order valence-electron chi connectivity index (χ1n) is 4.91. The summed E-state index contributed by atoms with van der Waals surface area (Å²) in [6.45, 7) is 0. The van der Waals surface area contributed by atoms with Crippen molar-refractivity contribution in [3.63, 3.8) is 0 Å². The second-order valence-electron chi connectivity index (χ2n) is 3.25. The Bertz CT molecular complexity index is 610. The van der Waals surface area contributed by atoms with E-state index in [1.54, 1.807) is 6.07 Å². The van der Waals surface area contributed by atoms with Crippen LogP contribution in [-0.4, -0.2) is 27.5 Å². The number of carbonyl (C=O) groups is 2. The molecule has 0 fully saturated rings. The molecule has 19 heavy (non-hydrogen) atoms. The molecular weight excluding hydrogens is 274 g/mol. The molecule has 0 unspecified atom stereocenters. The molecular formula is C11H7NO6S. The highest BCUT2D eigenvalue weighted by Crippen LogP contribution is 2.30. The van der Waals surface area contributed by atoms with Crippen molar-refractivity contribution >= 4 is 23.6 Å². The smallest absolute Gasteiger partial charge is 0.449 e. The minimum absolute atomic E-state index is 0.283. The SMILES string of the molecule is O=C(O)Oc1ccc(-c2ccsc2)nc1OC(=O)O. The van der Waals surface area contributed by atoms with Crippen molar-refractivity contribution in [1.82, 2.24) is 4.98 Å². The van der Waals surface area contributed by atoms with Gasteiger partial charge in [0.1, 0.15) is 0 Å². The third-order valence-electron chi connectivity index (χ3n) is 2.02. The summed E-state index contributed by atoms with van der Waals surface area (Å²) in [4.78, 5) is 24.9. The highest BCUT2D eigenvalue weighted by molar-refractivity contribution is 7.08. The molecule has 2 aromatic rings. The van der Waals surface area contributed by atoms with Gasteiger partial charge in [0.05, 0.1) is 5.69 Å². The van der Waals surface area contributed by atoms with Crippen molar-refractivity contribution < 1.29 is 29.3 Å². The molecule has 0 aliphatic heterocycles. The Hall–Kier alpha value is -2.61. The summed E-state index contributed by atoms with van der Waals surface area (Å²) in [7, 11) is 0. The van der Waals surface area contributed by atoms with Crippen molar-refractivity contribution in [2.45, 2.75) is 0 Å². The maximum atomic E-state index is 10.5. The average Bonchev–Trinajstić information content (AvgIpc) is 2.83. The summed E-state index contributed by atoms with van der Waals surface area (Å²) in [5.41, 5.74) is 1.22. The number of pyridine rings is 1. The molecule has 7 nitrogen and oxygen atoms in total. The number of nitrogens with zero attached hydrogens (tertiary/aromatic N) is 1. The Morgan fingerprint density at radius 3 is 2.42 bits per heavy atom. The molecule has 0 bridgehead atoms. The van der Waals surface area contributed by atoms with E-state index in [9.17, 15) is 9.59 Å². The van der Waals surface area contributed by atoms with E-state index in [4.69, 9.17) is 10.2 Å². The lowest BCUT2D eigenvalue weighted by molar-refractivity contribution is 0.131. The van der Waals surface area contributed by atoms with E-state index < -0.39 is 18.2 Å². The summed E-state index contributed by atoms with van der Waals surface area (Å²) >= 11 is 1.45. The van der Waals surface area contributed by atoms with Crippen LogP contribution in [0.3, 0.4) is 0 Å². The highest BCUT2D eigenvalue weighted by atomic mass is 32.1. The molecule has 0 amide bonds. The van der Waals surface area contributed by atoms with E-state index in [1.165, 1.54) is 23.5 Å². The van der Waals surface area contributed by atoms with Gasteiger partial charge in [-0.3, -0.25) is 0 Å². The summed E-state index contributed by atoms with van der Waals surface area (Å²) < 4.78 is 8.79. The van der Waals surface area contributed by atoms with Crippen LogP contribution in [0.4, 0.5) is 9.59 Å². The lowest BCUT2D eigenvalue weighted by Gasteiger charge is -2.07. The second-order valence-corrected chi connectivity index (χ2v) is 4.03. The van der Waals surface area contributed by atoms with Crippen LogP contribution in [0, 0.1) is 0 Å². The van der Waals surface area contributed by atoms with Gasteiger partial charge in [-0.2, -0.15) is 11.3 Å². The van der Waals surface area contributed by atoms with Crippen LogP contribution in [0.1, 0.15) is 0 Å². The Morgan fingerprint density at radius 1 is 1.11 bits per heavy atom. The van der Waals surface area contributed by atoms with Crippen molar-refractivity contribution in [2.75, 3.05) is 0 Å². The van der Waals surface area contributed by atoms with Crippen LogP contribution < -0.4 is 9.47 Å². The minimum Gasteiger partial charge on any atom is -0.449 e. The van der Waals surface area contributed by atoms with Gasteiger partial charge in [-0.15, -0.1) is 0 Å². The second kappa shape index (κ2) is 5.36. The highest BCUT2D eigenvalue weighted by Gasteiger charge is 2.15. The van der Waals surface area contributed by atoms with Gasteiger partial charge in [0.15, 0.2) is 5.75 Å². The Balaban J connectivity index is 2.40. The first-order valence-corrected chi connectivity index (χ1v) is 5.85. The largest absolute Gasteiger partial charge is 0.512 e. The molecule has 2 aromatic heterocycles. The number of aromatic nitrogens is 1. The topological polar surface area (TPSA) is 106 Å². The average molecular weight is 281 g/mol. The zero-order chi connectivity index (χ0) is 13.8. The predicted molar refractivity (Wildman–Crippen MR) is 64.9 cm³/mol. The van der Waals surface area contributed by atoms with Crippen LogP contribution in [-0.2, 0) is 0 Å².